The van der Waals surface area contributed by atoms with E-state index in [1.165, 1.54) is 0 Å². The molecule has 1 aliphatic rings. The SMILES string of the molecule is CNC(=O)C[C@@]1(COC)CN(Cc2ccnc(C)n2)CCO1. The molecule has 2 rings (SSSR count). The maximum absolute atomic E-state index is 11.8. The normalized spacial score (nSPS) is 22.5. The van der Waals surface area contributed by atoms with Crippen molar-refractivity contribution in [2.45, 2.75) is 25.5 Å². The molecule has 1 fully saturated rings. The molecule has 122 valence electrons. The molecule has 1 atom stereocenters. The molecule has 2 heterocycles. The van der Waals surface area contributed by atoms with Crippen molar-refractivity contribution < 1.29 is 14.3 Å². The predicted octanol–water partition coefficient (Wildman–Crippen LogP) is 0.139. The molecule has 0 spiro atoms. The van der Waals surface area contributed by atoms with E-state index in [2.05, 4.69) is 20.2 Å². The summed E-state index contributed by atoms with van der Waals surface area (Å²) in [5.74, 6) is 0.719. The highest BCUT2D eigenvalue weighted by Gasteiger charge is 2.38. The zero-order valence-corrected chi connectivity index (χ0v) is 13.5. The Kier molecular flexibility index (Phi) is 5.82. The topological polar surface area (TPSA) is 76.6 Å². The molecular weight excluding hydrogens is 284 g/mol. The molecule has 0 aromatic carbocycles. The summed E-state index contributed by atoms with van der Waals surface area (Å²) in [6, 6.07) is 1.92. The van der Waals surface area contributed by atoms with E-state index in [-0.39, 0.29) is 12.3 Å². The second-order valence-corrected chi connectivity index (χ2v) is 5.62. The number of carbonyl (C=O) groups excluding carboxylic acids is 1. The lowest BCUT2D eigenvalue weighted by molar-refractivity contribution is -0.156. The number of carbonyl (C=O) groups is 1. The van der Waals surface area contributed by atoms with Crippen LogP contribution < -0.4 is 5.32 Å². The lowest BCUT2D eigenvalue weighted by atomic mass is 9.97. The highest BCUT2D eigenvalue weighted by Crippen LogP contribution is 2.23. The summed E-state index contributed by atoms with van der Waals surface area (Å²) in [5, 5.41) is 2.65. The number of methoxy groups -OCH3 is 1. The molecule has 0 saturated carbocycles. The first-order valence-corrected chi connectivity index (χ1v) is 7.41. The molecule has 1 saturated heterocycles. The minimum absolute atomic E-state index is 0.0446. The third-order valence-electron chi connectivity index (χ3n) is 3.72. The Morgan fingerprint density at radius 3 is 3.09 bits per heavy atom. The minimum Gasteiger partial charge on any atom is -0.382 e. The van der Waals surface area contributed by atoms with Crippen LogP contribution in [-0.4, -0.2) is 66.8 Å². The summed E-state index contributed by atoms with van der Waals surface area (Å²) < 4.78 is 11.2. The summed E-state index contributed by atoms with van der Waals surface area (Å²) >= 11 is 0. The number of hydrogen-bond donors (Lipinski definition) is 1. The van der Waals surface area contributed by atoms with Crippen molar-refractivity contribution in [1.82, 2.24) is 20.2 Å². The lowest BCUT2D eigenvalue weighted by Crippen LogP contribution is -2.55. The van der Waals surface area contributed by atoms with E-state index < -0.39 is 5.60 Å². The quantitative estimate of drug-likeness (QED) is 0.805. The van der Waals surface area contributed by atoms with Crippen LogP contribution in [0.4, 0.5) is 0 Å². The summed E-state index contributed by atoms with van der Waals surface area (Å²) in [7, 11) is 3.26. The van der Waals surface area contributed by atoms with Crippen molar-refractivity contribution >= 4 is 5.91 Å². The van der Waals surface area contributed by atoms with Crippen molar-refractivity contribution in [3.05, 3.63) is 23.8 Å². The summed E-state index contributed by atoms with van der Waals surface area (Å²) in [5.41, 5.74) is 0.371. The van der Waals surface area contributed by atoms with Crippen molar-refractivity contribution in [2.75, 3.05) is 40.5 Å². The molecule has 0 unspecified atom stereocenters. The smallest absolute Gasteiger partial charge is 0.222 e. The van der Waals surface area contributed by atoms with Gasteiger partial charge >= 0.3 is 0 Å². The van der Waals surface area contributed by atoms with Gasteiger partial charge in [-0.2, -0.15) is 0 Å². The van der Waals surface area contributed by atoms with E-state index in [0.29, 0.717) is 26.3 Å². The highest BCUT2D eigenvalue weighted by atomic mass is 16.5. The lowest BCUT2D eigenvalue weighted by Gasteiger charge is -2.42. The van der Waals surface area contributed by atoms with Crippen LogP contribution in [0, 0.1) is 6.92 Å². The molecule has 0 radical (unpaired) electrons. The molecule has 0 bridgehead atoms. The van der Waals surface area contributed by atoms with Crippen molar-refractivity contribution in [2.24, 2.45) is 0 Å². The largest absolute Gasteiger partial charge is 0.382 e. The van der Waals surface area contributed by atoms with E-state index in [1.54, 1.807) is 20.4 Å². The third kappa shape index (κ3) is 4.46. The van der Waals surface area contributed by atoms with Gasteiger partial charge in [-0.3, -0.25) is 9.69 Å². The standard InChI is InChI=1S/C15H24N4O3/c1-12-17-5-4-13(18-12)9-19-6-7-22-15(10-19,11-21-3)8-14(20)16-2/h4-5H,6-11H2,1-3H3,(H,16,20)/t15-/m0/s1. The number of hydrogen-bond acceptors (Lipinski definition) is 6. The molecule has 0 aliphatic carbocycles. The van der Waals surface area contributed by atoms with Gasteiger partial charge in [-0.05, 0) is 13.0 Å². The molecule has 7 nitrogen and oxygen atoms in total. The van der Waals surface area contributed by atoms with E-state index in [4.69, 9.17) is 9.47 Å². The Morgan fingerprint density at radius 2 is 2.41 bits per heavy atom. The molecule has 1 amide bonds. The van der Waals surface area contributed by atoms with Gasteiger partial charge in [0, 0.05) is 40.0 Å². The van der Waals surface area contributed by atoms with Gasteiger partial charge in [0.15, 0.2) is 0 Å². The van der Waals surface area contributed by atoms with Crippen LogP contribution >= 0.6 is 0 Å². The van der Waals surface area contributed by atoms with Crippen LogP contribution in [-0.2, 0) is 20.8 Å². The number of morpholine rings is 1. The van der Waals surface area contributed by atoms with Crippen LogP contribution in [0.3, 0.4) is 0 Å². The van der Waals surface area contributed by atoms with Gasteiger partial charge in [0.25, 0.3) is 0 Å². The van der Waals surface area contributed by atoms with Gasteiger partial charge in [0.1, 0.15) is 11.4 Å². The van der Waals surface area contributed by atoms with Crippen molar-refractivity contribution in [3.8, 4) is 0 Å². The molecule has 1 aromatic rings. The zero-order valence-electron chi connectivity index (χ0n) is 13.5. The fourth-order valence-electron chi connectivity index (χ4n) is 2.77. The second kappa shape index (κ2) is 7.62. The summed E-state index contributed by atoms with van der Waals surface area (Å²) in [6.07, 6.45) is 2.06. The number of nitrogens with zero attached hydrogens (tertiary/aromatic N) is 3. The van der Waals surface area contributed by atoms with Crippen LogP contribution in [0.5, 0.6) is 0 Å². The fraction of sp³-hybridized carbons (Fsp3) is 0.667. The fourth-order valence-corrected chi connectivity index (χ4v) is 2.77. The molecule has 7 heteroatoms. The first kappa shape index (κ1) is 16.8. The van der Waals surface area contributed by atoms with Crippen molar-refractivity contribution in [3.63, 3.8) is 0 Å². The van der Waals surface area contributed by atoms with E-state index >= 15 is 0 Å². The Labute approximate surface area is 131 Å². The van der Waals surface area contributed by atoms with Gasteiger partial charge in [0.2, 0.25) is 5.91 Å². The van der Waals surface area contributed by atoms with Gasteiger partial charge < -0.3 is 14.8 Å². The minimum atomic E-state index is -0.602. The Morgan fingerprint density at radius 1 is 1.59 bits per heavy atom. The monoisotopic (exact) mass is 308 g/mol. The maximum Gasteiger partial charge on any atom is 0.222 e. The number of aryl methyl sites for hydroxylation is 1. The van der Waals surface area contributed by atoms with Crippen LogP contribution in [0.2, 0.25) is 0 Å². The van der Waals surface area contributed by atoms with Gasteiger partial charge in [-0.25, -0.2) is 9.97 Å². The molecular formula is C15H24N4O3. The van der Waals surface area contributed by atoms with Crippen LogP contribution in [0.1, 0.15) is 17.9 Å². The second-order valence-electron chi connectivity index (χ2n) is 5.62. The predicted molar refractivity (Wildman–Crippen MR) is 81.3 cm³/mol. The average molecular weight is 308 g/mol. The van der Waals surface area contributed by atoms with Crippen molar-refractivity contribution in [1.29, 1.82) is 0 Å². The zero-order chi connectivity index (χ0) is 16.0. The molecule has 22 heavy (non-hydrogen) atoms. The Bertz CT molecular complexity index is 507. The first-order chi connectivity index (χ1) is 10.6. The maximum atomic E-state index is 11.8. The molecule has 1 aliphatic heterocycles. The third-order valence-corrected chi connectivity index (χ3v) is 3.72. The highest BCUT2D eigenvalue weighted by molar-refractivity contribution is 5.76. The summed E-state index contributed by atoms with van der Waals surface area (Å²) in [6.45, 7) is 5.00. The van der Waals surface area contributed by atoms with E-state index in [9.17, 15) is 4.79 Å². The summed E-state index contributed by atoms with van der Waals surface area (Å²) in [4.78, 5) is 22.6. The van der Waals surface area contributed by atoms with Gasteiger partial charge in [-0.1, -0.05) is 0 Å². The van der Waals surface area contributed by atoms with Crippen LogP contribution in [0.15, 0.2) is 12.3 Å². The number of aromatic nitrogens is 2. The van der Waals surface area contributed by atoms with Gasteiger partial charge in [-0.15, -0.1) is 0 Å². The average Bonchev–Trinajstić information content (AvgIpc) is 2.47. The number of amides is 1. The number of rotatable bonds is 6. The van der Waals surface area contributed by atoms with Gasteiger partial charge in [0.05, 0.1) is 25.3 Å². The van der Waals surface area contributed by atoms with E-state index in [0.717, 1.165) is 18.1 Å². The molecule has 1 aromatic heterocycles. The molecule has 1 N–H and O–H groups in total. The van der Waals surface area contributed by atoms with E-state index in [1.807, 2.05) is 13.0 Å². The Balaban J connectivity index is 2.06. The Hall–Kier alpha value is -1.57. The number of ether oxygens (including phenoxy) is 2. The van der Waals surface area contributed by atoms with Crippen LogP contribution in [0.25, 0.3) is 0 Å². The number of nitrogens with one attached hydrogen (secondary N) is 1. The first-order valence-electron chi connectivity index (χ1n) is 7.41.